The van der Waals surface area contributed by atoms with Crippen LogP contribution in [0.4, 0.5) is 5.82 Å². The molecule has 2 heterocycles. The summed E-state index contributed by atoms with van der Waals surface area (Å²) in [6, 6.07) is 2.10. The molecule has 0 amide bonds. The second kappa shape index (κ2) is 4.26. The Bertz CT molecular complexity index is 504. The van der Waals surface area contributed by atoms with E-state index in [2.05, 4.69) is 20.6 Å². The number of nitrogen functional groups attached to an aromatic ring is 1. The van der Waals surface area contributed by atoms with Crippen molar-refractivity contribution >= 4 is 18.2 Å². The number of aromatic nitrogens is 1. The summed E-state index contributed by atoms with van der Waals surface area (Å²) in [5.41, 5.74) is 8.61. The summed E-state index contributed by atoms with van der Waals surface area (Å²) in [4.78, 5) is 8.64. The third kappa shape index (κ3) is 1.59. The quantitative estimate of drug-likeness (QED) is 0.757. The molecular weight excluding hydrogens is 224 g/mol. The van der Waals surface area contributed by atoms with Crippen molar-refractivity contribution in [1.82, 2.24) is 4.57 Å². The van der Waals surface area contributed by atoms with Crippen LogP contribution in [0.15, 0.2) is 16.1 Å². The molecule has 0 radical (unpaired) electrons. The molecule has 1 aliphatic heterocycles. The van der Waals surface area contributed by atoms with E-state index in [0.717, 1.165) is 23.6 Å². The molecule has 18 heavy (non-hydrogen) atoms. The monoisotopic (exact) mass is 244 g/mol. The van der Waals surface area contributed by atoms with E-state index >= 15 is 0 Å². The van der Waals surface area contributed by atoms with Gasteiger partial charge in [-0.2, -0.15) is 0 Å². The van der Waals surface area contributed by atoms with Crippen LogP contribution >= 0.6 is 0 Å². The molecular formula is C14H20N4. The lowest BCUT2D eigenvalue weighted by atomic mass is 9.80. The number of nitrogens with zero attached hydrogens (tertiary/aromatic N) is 3. The predicted molar refractivity (Wildman–Crippen MR) is 75.9 cm³/mol. The van der Waals surface area contributed by atoms with Gasteiger partial charge in [0.2, 0.25) is 0 Å². The molecule has 1 spiro atoms. The van der Waals surface area contributed by atoms with Crippen LogP contribution in [0.1, 0.15) is 43.4 Å². The van der Waals surface area contributed by atoms with Gasteiger partial charge in [-0.15, -0.1) is 0 Å². The summed E-state index contributed by atoms with van der Waals surface area (Å²) in [5.74, 6) is 0.851. The molecule has 0 bridgehead atoms. The minimum atomic E-state index is 0.131. The molecule has 1 aliphatic carbocycles. The topological polar surface area (TPSA) is 55.7 Å². The summed E-state index contributed by atoms with van der Waals surface area (Å²) in [7, 11) is 1.78. The SMILES string of the molecule is CN=Cc1cc2n(c1N)C1(CCCCC1)CN=C2. The van der Waals surface area contributed by atoms with Crippen molar-refractivity contribution in [2.75, 3.05) is 19.3 Å². The van der Waals surface area contributed by atoms with Crippen molar-refractivity contribution < 1.29 is 0 Å². The fraction of sp³-hybridized carbons (Fsp3) is 0.571. The maximum atomic E-state index is 6.33. The Labute approximate surface area is 108 Å². The summed E-state index contributed by atoms with van der Waals surface area (Å²) >= 11 is 0. The van der Waals surface area contributed by atoms with Gasteiger partial charge in [0, 0.05) is 25.0 Å². The van der Waals surface area contributed by atoms with Gasteiger partial charge >= 0.3 is 0 Å². The molecule has 2 N–H and O–H groups in total. The second-order valence-corrected chi connectivity index (χ2v) is 5.39. The van der Waals surface area contributed by atoms with Crippen LogP contribution in [-0.4, -0.2) is 30.6 Å². The number of hydrogen-bond donors (Lipinski definition) is 1. The van der Waals surface area contributed by atoms with Crippen molar-refractivity contribution in [1.29, 1.82) is 0 Å². The minimum absolute atomic E-state index is 0.131. The van der Waals surface area contributed by atoms with Crippen LogP contribution in [0, 0.1) is 0 Å². The van der Waals surface area contributed by atoms with E-state index in [4.69, 9.17) is 5.73 Å². The first-order valence-electron chi connectivity index (χ1n) is 6.70. The average molecular weight is 244 g/mol. The normalized spacial score (nSPS) is 21.6. The van der Waals surface area contributed by atoms with Gasteiger partial charge in [-0.05, 0) is 18.9 Å². The highest BCUT2D eigenvalue weighted by Gasteiger charge is 2.38. The van der Waals surface area contributed by atoms with E-state index in [9.17, 15) is 0 Å². The second-order valence-electron chi connectivity index (χ2n) is 5.39. The van der Waals surface area contributed by atoms with Crippen LogP contribution in [0.25, 0.3) is 0 Å². The van der Waals surface area contributed by atoms with Gasteiger partial charge in [0.15, 0.2) is 0 Å². The molecule has 1 saturated carbocycles. The first kappa shape index (κ1) is 11.5. The highest BCUT2D eigenvalue weighted by atomic mass is 15.2. The van der Waals surface area contributed by atoms with Crippen molar-refractivity contribution in [3.63, 3.8) is 0 Å². The van der Waals surface area contributed by atoms with E-state index in [1.807, 2.05) is 12.4 Å². The lowest BCUT2D eigenvalue weighted by molar-refractivity contribution is 0.202. The first-order chi connectivity index (χ1) is 8.77. The zero-order valence-electron chi connectivity index (χ0n) is 10.9. The van der Waals surface area contributed by atoms with Crippen molar-refractivity contribution in [3.8, 4) is 0 Å². The fourth-order valence-corrected chi connectivity index (χ4v) is 3.40. The number of aliphatic imine (C=N–C) groups is 2. The average Bonchev–Trinajstić information content (AvgIpc) is 2.70. The fourth-order valence-electron chi connectivity index (χ4n) is 3.40. The van der Waals surface area contributed by atoms with Gasteiger partial charge < -0.3 is 10.3 Å². The zero-order chi connectivity index (χ0) is 12.6. The Kier molecular flexibility index (Phi) is 2.73. The lowest BCUT2D eigenvalue weighted by Crippen LogP contribution is -2.42. The molecule has 1 fully saturated rings. The van der Waals surface area contributed by atoms with Crippen LogP contribution in [0.3, 0.4) is 0 Å². The first-order valence-corrected chi connectivity index (χ1v) is 6.70. The molecule has 2 aliphatic rings. The van der Waals surface area contributed by atoms with Crippen LogP contribution < -0.4 is 5.73 Å². The lowest BCUT2D eigenvalue weighted by Gasteiger charge is -2.41. The van der Waals surface area contributed by atoms with Crippen LogP contribution in [0.5, 0.6) is 0 Å². The molecule has 0 atom stereocenters. The minimum Gasteiger partial charge on any atom is -0.385 e. The standard InChI is InChI=1S/C14H20N4/c1-16-8-11-7-12-9-17-10-14(18(12)13(11)15)5-3-2-4-6-14/h7-9H,2-6,10,15H2,1H3. The smallest absolute Gasteiger partial charge is 0.113 e. The van der Waals surface area contributed by atoms with Gasteiger partial charge in [0.1, 0.15) is 5.82 Å². The molecule has 4 heteroatoms. The zero-order valence-corrected chi connectivity index (χ0v) is 10.9. The molecule has 0 aromatic carbocycles. The summed E-state index contributed by atoms with van der Waals surface area (Å²) in [6.45, 7) is 0.877. The maximum absolute atomic E-state index is 6.33. The Morgan fingerprint density at radius 1 is 1.39 bits per heavy atom. The Balaban J connectivity index is 2.12. The highest BCUT2D eigenvalue weighted by Crippen LogP contribution is 2.40. The van der Waals surface area contributed by atoms with E-state index in [1.54, 1.807) is 7.05 Å². The third-order valence-corrected chi connectivity index (χ3v) is 4.23. The van der Waals surface area contributed by atoms with Crippen LogP contribution in [0.2, 0.25) is 0 Å². The number of rotatable bonds is 1. The summed E-state index contributed by atoms with van der Waals surface area (Å²) < 4.78 is 2.32. The highest BCUT2D eigenvalue weighted by molar-refractivity contribution is 5.92. The van der Waals surface area contributed by atoms with Crippen LogP contribution in [-0.2, 0) is 5.54 Å². The Hall–Kier alpha value is -1.58. The summed E-state index contributed by atoms with van der Waals surface area (Å²) in [5, 5.41) is 0. The van der Waals surface area contributed by atoms with Gasteiger partial charge in [0.05, 0.1) is 17.8 Å². The molecule has 0 unspecified atom stereocenters. The largest absolute Gasteiger partial charge is 0.385 e. The molecule has 1 aromatic heterocycles. The van der Waals surface area contributed by atoms with Gasteiger partial charge in [-0.3, -0.25) is 9.98 Å². The van der Waals surface area contributed by atoms with E-state index < -0.39 is 0 Å². The van der Waals surface area contributed by atoms with Crippen molar-refractivity contribution in [2.45, 2.75) is 37.6 Å². The van der Waals surface area contributed by atoms with E-state index in [-0.39, 0.29) is 5.54 Å². The van der Waals surface area contributed by atoms with E-state index in [1.165, 1.54) is 32.1 Å². The molecule has 4 nitrogen and oxygen atoms in total. The molecule has 3 rings (SSSR count). The molecule has 0 saturated heterocycles. The molecule has 96 valence electrons. The number of fused-ring (bicyclic) bond motifs is 2. The van der Waals surface area contributed by atoms with Gasteiger partial charge in [0.25, 0.3) is 0 Å². The number of anilines is 1. The Morgan fingerprint density at radius 3 is 2.89 bits per heavy atom. The van der Waals surface area contributed by atoms with Crippen molar-refractivity contribution in [3.05, 3.63) is 17.3 Å². The van der Waals surface area contributed by atoms with Gasteiger partial charge in [-0.1, -0.05) is 19.3 Å². The molecule has 1 aromatic rings. The van der Waals surface area contributed by atoms with Crippen molar-refractivity contribution in [2.24, 2.45) is 9.98 Å². The number of nitrogens with two attached hydrogens (primary N) is 1. The Morgan fingerprint density at radius 2 is 2.17 bits per heavy atom. The predicted octanol–water partition coefficient (Wildman–Crippen LogP) is 2.21. The summed E-state index contributed by atoms with van der Waals surface area (Å²) in [6.07, 6.45) is 10.1. The maximum Gasteiger partial charge on any atom is 0.113 e. The van der Waals surface area contributed by atoms with Gasteiger partial charge in [-0.25, -0.2) is 0 Å². The van der Waals surface area contributed by atoms with E-state index in [0.29, 0.717) is 0 Å². The number of hydrogen-bond acceptors (Lipinski definition) is 3. The third-order valence-electron chi connectivity index (χ3n) is 4.23.